The normalized spacial score (nSPS) is 9.00. The largest absolute Gasteiger partial charge is 0.481 e. The number of nitrogens with zero attached hydrogens (tertiary/aromatic N) is 2. The monoisotopic (exact) mass is 196 g/mol. The Morgan fingerprint density at radius 1 is 1.69 bits per heavy atom. The predicted octanol–water partition coefficient (Wildman–Crippen LogP) is 1.34. The minimum absolute atomic E-state index is 0.0284. The number of rotatable bonds is 2. The van der Waals surface area contributed by atoms with E-state index in [1.54, 1.807) is 6.07 Å². The number of methoxy groups -OCH3 is 1. The predicted molar refractivity (Wildman–Crippen MR) is 45.7 cm³/mol. The van der Waals surface area contributed by atoms with Gasteiger partial charge in [0.15, 0.2) is 5.69 Å². The van der Waals surface area contributed by atoms with E-state index in [0.717, 1.165) is 0 Å². The van der Waals surface area contributed by atoms with Crippen LogP contribution in [0.2, 0.25) is 0 Å². The van der Waals surface area contributed by atoms with Crippen molar-refractivity contribution < 1.29 is 9.53 Å². The summed E-state index contributed by atoms with van der Waals surface area (Å²) < 4.78 is 4.77. The lowest BCUT2D eigenvalue weighted by Crippen LogP contribution is -1.98. The first-order chi connectivity index (χ1) is 6.19. The molecule has 1 heterocycles. The fourth-order valence-electron chi connectivity index (χ4n) is 0.799. The highest BCUT2D eigenvalue weighted by molar-refractivity contribution is 6.67. The maximum absolute atomic E-state index is 10.8. The number of nitriles is 1. The number of pyridine rings is 1. The first-order valence-electron chi connectivity index (χ1n) is 3.34. The lowest BCUT2D eigenvalue weighted by atomic mass is 10.2. The van der Waals surface area contributed by atoms with E-state index >= 15 is 0 Å². The molecule has 0 unspecified atom stereocenters. The Hall–Kier alpha value is -1.60. The smallest absolute Gasteiger partial charge is 0.255 e. The molecule has 0 fully saturated rings. The topological polar surface area (TPSA) is 63.0 Å². The van der Waals surface area contributed by atoms with Gasteiger partial charge < -0.3 is 4.74 Å². The van der Waals surface area contributed by atoms with Gasteiger partial charge in [-0.2, -0.15) is 5.26 Å². The van der Waals surface area contributed by atoms with E-state index in [-0.39, 0.29) is 17.1 Å². The molecule has 0 amide bonds. The first kappa shape index (κ1) is 9.49. The standard InChI is InChI=1S/C8H5ClN2O2/c1-13-7-3-2-5(8(9)12)6(4-10)11-7/h2-3H,1H3. The molecule has 5 heteroatoms. The molecule has 4 nitrogen and oxygen atoms in total. The van der Waals surface area contributed by atoms with Crippen molar-refractivity contribution in [2.45, 2.75) is 0 Å². The molecule has 1 rings (SSSR count). The van der Waals surface area contributed by atoms with Crippen LogP contribution >= 0.6 is 11.6 Å². The second-order valence-corrected chi connectivity index (χ2v) is 2.48. The molecular weight excluding hydrogens is 192 g/mol. The summed E-state index contributed by atoms with van der Waals surface area (Å²) in [6.07, 6.45) is 0. The van der Waals surface area contributed by atoms with Gasteiger partial charge in [-0.1, -0.05) is 0 Å². The van der Waals surface area contributed by atoms with E-state index in [0.29, 0.717) is 0 Å². The molecule has 0 atom stereocenters. The van der Waals surface area contributed by atoms with Crippen molar-refractivity contribution in [3.8, 4) is 11.9 Å². The van der Waals surface area contributed by atoms with Gasteiger partial charge in [-0.05, 0) is 17.7 Å². The summed E-state index contributed by atoms with van der Waals surface area (Å²) in [5, 5.41) is 7.91. The van der Waals surface area contributed by atoms with Crippen molar-refractivity contribution >= 4 is 16.8 Å². The van der Waals surface area contributed by atoms with E-state index in [1.165, 1.54) is 19.2 Å². The van der Waals surface area contributed by atoms with Crippen LogP contribution in [0.4, 0.5) is 0 Å². The summed E-state index contributed by atoms with van der Waals surface area (Å²) in [4.78, 5) is 14.5. The second kappa shape index (κ2) is 3.87. The minimum atomic E-state index is -0.702. The summed E-state index contributed by atoms with van der Waals surface area (Å²) in [7, 11) is 1.42. The Kier molecular flexibility index (Phi) is 2.83. The third-order valence-corrected chi connectivity index (χ3v) is 1.60. The highest BCUT2D eigenvalue weighted by atomic mass is 35.5. The molecule has 66 valence electrons. The molecular formula is C8H5ClN2O2. The molecule has 0 spiro atoms. The van der Waals surface area contributed by atoms with Crippen molar-refractivity contribution in [2.24, 2.45) is 0 Å². The Labute approximate surface area is 79.7 Å². The van der Waals surface area contributed by atoms with Gasteiger partial charge in [-0.15, -0.1) is 0 Å². The molecule has 0 saturated carbocycles. The SMILES string of the molecule is COc1ccc(C(=O)Cl)c(C#N)n1. The number of hydrogen-bond acceptors (Lipinski definition) is 4. The number of aromatic nitrogens is 1. The molecule has 0 aliphatic carbocycles. The van der Waals surface area contributed by atoms with Gasteiger partial charge in [0, 0.05) is 6.07 Å². The van der Waals surface area contributed by atoms with E-state index < -0.39 is 5.24 Å². The van der Waals surface area contributed by atoms with Crippen molar-refractivity contribution in [3.63, 3.8) is 0 Å². The minimum Gasteiger partial charge on any atom is -0.481 e. The van der Waals surface area contributed by atoms with Gasteiger partial charge in [0.05, 0.1) is 12.7 Å². The summed E-state index contributed by atoms with van der Waals surface area (Å²) in [6, 6.07) is 4.63. The molecule has 0 aliphatic heterocycles. The van der Waals surface area contributed by atoms with Crippen LogP contribution < -0.4 is 4.74 Å². The van der Waals surface area contributed by atoms with Gasteiger partial charge in [0.2, 0.25) is 5.88 Å². The van der Waals surface area contributed by atoms with Crippen LogP contribution in [0.1, 0.15) is 16.1 Å². The van der Waals surface area contributed by atoms with E-state index in [9.17, 15) is 4.79 Å². The van der Waals surface area contributed by atoms with E-state index in [2.05, 4.69) is 4.98 Å². The van der Waals surface area contributed by atoms with Gasteiger partial charge in [-0.25, -0.2) is 4.98 Å². The molecule has 0 radical (unpaired) electrons. The highest BCUT2D eigenvalue weighted by Gasteiger charge is 2.10. The average Bonchev–Trinajstić information content (AvgIpc) is 2.16. The third-order valence-electron chi connectivity index (χ3n) is 1.40. The second-order valence-electron chi connectivity index (χ2n) is 2.14. The molecule has 0 aliphatic rings. The zero-order valence-corrected chi connectivity index (χ0v) is 7.50. The number of hydrogen-bond donors (Lipinski definition) is 0. The lowest BCUT2D eigenvalue weighted by Gasteiger charge is -2.00. The number of ether oxygens (including phenoxy) is 1. The zero-order chi connectivity index (χ0) is 9.84. The van der Waals surface area contributed by atoms with E-state index in [1.807, 2.05) is 0 Å². The van der Waals surface area contributed by atoms with Crippen LogP contribution in [0, 0.1) is 11.3 Å². The van der Waals surface area contributed by atoms with Gasteiger partial charge in [-0.3, -0.25) is 4.79 Å². The van der Waals surface area contributed by atoms with Crippen molar-refractivity contribution in [1.29, 1.82) is 5.26 Å². The summed E-state index contributed by atoms with van der Waals surface area (Å²) >= 11 is 5.21. The van der Waals surface area contributed by atoms with E-state index in [4.69, 9.17) is 21.6 Å². The Morgan fingerprint density at radius 3 is 2.85 bits per heavy atom. The Morgan fingerprint density at radius 2 is 2.38 bits per heavy atom. The van der Waals surface area contributed by atoms with Gasteiger partial charge >= 0.3 is 0 Å². The van der Waals surface area contributed by atoms with Gasteiger partial charge in [0.25, 0.3) is 5.24 Å². The zero-order valence-electron chi connectivity index (χ0n) is 6.74. The van der Waals surface area contributed by atoms with Crippen molar-refractivity contribution in [2.75, 3.05) is 7.11 Å². The lowest BCUT2D eigenvalue weighted by molar-refractivity contribution is 0.108. The molecule has 0 N–H and O–H groups in total. The van der Waals surface area contributed by atoms with Crippen LogP contribution in [0.3, 0.4) is 0 Å². The number of carbonyl (C=O) groups is 1. The van der Waals surface area contributed by atoms with Gasteiger partial charge in [0.1, 0.15) is 6.07 Å². The first-order valence-corrected chi connectivity index (χ1v) is 3.71. The molecule has 0 aromatic carbocycles. The van der Waals surface area contributed by atoms with Crippen molar-refractivity contribution in [1.82, 2.24) is 4.98 Å². The highest BCUT2D eigenvalue weighted by Crippen LogP contribution is 2.13. The Balaban J connectivity index is 3.26. The third kappa shape index (κ3) is 1.95. The van der Waals surface area contributed by atoms with Crippen LogP contribution in [0.25, 0.3) is 0 Å². The summed E-state index contributed by atoms with van der Waals surface area (Å²) in [6.45, 7) is 0. The number of halogens is 1. The molecule has 1 aromatic rings. The van der Waals surface area contributed by atoms with Crippen LogP contribution in [0.5, 0.6) is 5.88 Å². The quantitative estimate of drug-likeness (QED) is 0.670. The summed E-state index contributed by atoms with van der Waals surface area (Å²) in [5.41, 5.74) is 0.0596. The van der Waals surface area contributed by atoms with Crippen LogP contribution in [-0.2, 0) is 0 Å². The molecule has 0 bridgehead atoms. The van der Waals surface area contributed by atoms with Crippen LogP contribution in [0.15, 0.2) is 12.1 Å². The maximum atomic E-state index is 10.8. The molecule has 13 heavy (non-hydrogen) atoms. The Bertz CT molecular complexity index is 384. The van der Waals surface area contributed by atoms with Crippen LogP contribution in [-0.4, -0.2) is 17.3 Å². The molecule has 1 aromatic heterocycles. The fourth-order valence-corrected chi connectivity index (χ4v) is 0.951. The molecule has 0 saturated heterocycles. The average molecular weight is 197 g/mol. The number of carbonyl (C=O) groups excluding carboxylic acids is 1. The van der Waals surface area contributed by atoms with Crippen molar-refractivity contribution in [3.05, 3.63) is 23.4 Å². The summed E-state index contributed by atoms with van der Waals surface area (Å²) in [5.74, 6) is 0.276. The fraction of sp³-hybridized carbons (Fsp3) is 0.125. The maximum Gasteiger partial charge on any atom is 0.255 e.